The maximum atomic E-state index is 11.9. The zero-order valence-corrected chi connectivity index (χ0v) is 12.6. The van der Waals surface area contributed by atoms with Crippen LogP contribution in [0.3, 0.4) is 0 Å². The number of hydrogen-bond donors (Lipinski definition) is 2. The maximum Gasteiger partial charge on any atom is 0.243 e. The Morgan fingerprint density at radius 2 is 2.22 bits per heavy atom. The molecule has 6 nitrogen and oxygen atoms in total. The second-order valence-electron chi connectivity index (χ2n) is 3.26. The average molecular weight is 357 g/mol. The molecule has 0 aliphatic rings. The van der Waals surface area contributed by atoms with Crippen LogP contribution in [0.5, 0.6) is 0 Å². The molecule has 18 heavy (non-hydrogen) atoms. The van der Waals surface area contributed by atoms with E-state index in [1.54, 1.807) is 0 Å². The van der Waals surface area contributed by atoms with E-state index >= 15 is 0 Å². The fraction of sp³-hybridized carbons (Fsp3) is 0.333. The molecule has 1 aromatic heterocycles. The van der Waals surface area contributed by atoms with Gasteiger partial charge in [0.25, 0.3) is 0 Å². The number of hydrogen-bond acceptors (Lipinski definition) is 4. The van der Waals surface area contributed by atoms with E-state index in [0.29, 0.717) is 4.47 Å². The van der Waals surface area contributed by atoms with Crippen LogP contribution >= 0.6 is 27.5 Å². The highest BCUT2D eigenvalue weighted by Crippen LogP contribution is 2.22. The minimum absolute atomic E-state index is 0.00908. The number of sulfonamides is 1. The van der Waals surface area contributed by atoms with Crippen molar-refractivity contribution >= 4 is 43.5 Å². The minimum Gasteiger partial charge on any atom is -0.359 e. The first kappa shape index (κ1) is 15.4. The van der Waals surface area contributed by atoms with Gasteiger partial charge in [-0.25, -0.2) is 18.1 Å². The van der Waals surface area contributed by atoms with Crippen LogP contribution in [0.15, 0.2) is 21.6 Å². The van der Waals surface area contributed by atoms with Gasteiger partial charge >= 0.3 is 0 Å². The van der Waals surface area contributed by atoms with Crippen molar-refractivity contribution in [2.45, 2.75) is 11.3 Å². The lowest BCUT2D eigenvalue weighted by Crippen LogP contribution is -2.29. The highest BCUT2D eigenvalue weighted by Gasteiger charge is 2.19. The maximum absolute atomic E-state index is 11.9. The Hall–Kier alpha value is -0.700. The summed E-state index contributed by atoms with van der Waals surface area (Å²) >= 11 is 8.83. The summed E-state index contributed by atoms with van der Waals surface area (Å²) in [7, 11) is -2.29. The van der Waals surface area contributed by atoms with E-state index in [0.717, 1.165) is 0 Å². The number of pyridine rings is 1. The van der Waals surface area contributed by atoms with Crippen molar-refractivity contribution < 1.29 is 13.2 Å². The van der Waals surface area contributed by atoms with Crippen molar-refractivity contribution in [2.75, 3.05) is 13.6 Å². The van der Waals surface area contributed by atoms with Crippen molar-refractivity contribution in [3.63, 3.8) is 0 Å². The van der Waals surface area contributed by atoms with Crippen LogP contribution in [-0.4, -0.2) is 32.9 Å². The molecule has 1 rings (SSSR count). The van der Waals surface area contributed by atoms with Crippen molar-refractivity contribution in [2.24, 2.45) is 0 Å². The summed E-state index contributed by atoms with van der Waals surface area (Å²) in [5.41, 5.74) is 0. The van der Waals surface area contributed by atoms with Gasteiger partial charge in [-0.15, -0.1) is 0 Å². The average Bonchev–Trinajstić information content (AvgIpc) is 2.31. The Morgan fingerprint density at radius 1 is 1.56 bits per heavy atom. The molecule has 0 bridgehead atoms. The lowest BCUT2D eigenvalue weighted by Gasteiger charge is -2.07. The lowest BCUT2D eigenvalue weighted by atomic mass is 10.4. The molecule has 2 N–H and O–H groups in total. The van der Waals surface area contributed by atoms with Crippen LogP contribution in [0, 0.1) is 0 Å². The highest BCUT2D eigenvalue weighted by atomic mass is 79.9. The number of aromatic nitrogens is 1. The largest absolute Gasteiger partial charge is 0.359 e. The molecule has 1 heterocycles. The van der Waals surface area contributed by atoms with Crippen molar-refractivity contribution in [1.82, 2.24) is 15.0 Å². The first-order valence-corrected chi connectivity index (χ1v) is 7.53. The van der Waals surface area contributed by atoms with E-state index in [1.807, 2.05) is 0 Å². The molecule has 1 aromatic rings. The third kappa shape index (κ3) is 4.20. The molecular weight excluding hydrogens is 346 g/mol. The summed E-state index contributed by atoms with van der Waals surface area (Å²) < 4.78 is 26.5. The van der Waals surface area contributed by atoms with Gasteiger partial charge < -0.3 is 5.32 Å². The zero-order valence-electron chi connectivity index (χ0n) is 9.41. The van der Waals surface area contributed by atoms with Crippen LogP contribution < -0.4 is 10.0 Å². The third-order valence-corrected chi connectivity index (χ3v) is 4.31. The number of halogens is 2. The first-order valence-electron chi connectivity index (χ1n) is 4.88. The summed E-state index contributed by atoms with van der Waals surface area (Å²) in [5.74, 6) is -0.254. The quantitative estimate of drug-likeness (QED) is 0.768. The standard InChI is InChI=1S/C9H11BrClN3O3S/c1-12-8(15)2-3-14-18(16,17)7-4-6(10)5-13-9(7)11/h4-5,14H,2-3H2,1H3,(H,12,15). The number of carbonyl (C=O) groups excluding carboxylic acids is 1. The predicted molar refractivity (Wildman–Crippen MR) is 70.8 cm³/mol. The molecule has 0 aromatic carbocycles. The number of nitrogens with one attached hydrogen (secondary N) is 2. The fourth-order valence-electron chi connectivity index (χ4n) is 1.09. The van der Waals surface area contributed by atoms with Crippen LogP contribution in [0.1, 0.15) is 6.42 Å². The fourth-order valence-corrected chi connectivity index (χ4v) is 3.07. The van der Waals surface area contributed by atoms with Gasteiger partial charge in [-0.2, -0.15) is 0 Å². The molecule has 0 saturated carbocycles. The van der Waals surface area contributed by atoms with Crippen LogP contribution in [0.25, 0.3) is 0 Å². The molecule has 0 radical (unpaired) electrons. The van der Waals surface area contributed by atoms with E-state index in [9.17, 15) is 13.2 Å². The molecule has 9 heteroatoms. The number of rotatable bonds is 5. The molecule has 0 fully saturated rings. The summed E-state index contributed by atoms with van der Waals surface area (Å²) in [6, 6.07) is 1.34. The first-order chi connectivity index (χ1) is 8.36. The van der Waals surface area contributed by atoms with E-state index in [4.69, 9.17) is 11.6 Å². The molecule has 100 valence electrons. The van der Waals surface area contributed by atoms with E-state index in [-0.39, 0.29) is 28.9 Å². The molecule has 0 unspecified atom stereocenters. The Morgan fingerprint density at radius 3 is 2.83 bits per heavy atom. The van der Waals surface area contributed by atoms with Crippen molar-refractivity contribution in [3.8, 4) is 0 Å². The van der Waals surface area contributed by atoms with Gasteiger partial charge in [0.2, 0.25) is 15.9 Å². The van der Waals surface area contributed by atoms with Gasteiger partial charge in [0.1, 0.15) is 10.0 Å². The minimum atomic E-state index is -3.77. The SMILES string of the molecule is CNC(=O)CCNS(=O)(=O)c1cc(Br)cnc1Cl. The Labute approximate surface area is 118 Å². The molecule has 0 aliphatic heterocycles. The number of nitrogens with zero attached hydrogens (tertiary/aromatic N) is 1. The zero-order chi connectivity index (χ0) is 13.8. The Bertz CT molecular complexity index is 550. The van der Waals surface area contributed by atoms with Gasteiger partial charge in [0, 0.05) is 30.7 Å². The Balaban J connectivity index is 2.80. The smallest absolute Gasteiger partial charge is 0.243 e. The second-order valence-corrected chi connectivity index (χ2v) is 6.27. The number of amides is 1. The van der Waals surface area contributed by atoms with Gasteiger partial charge in [-0.3, -0.25) is 4.79 Å². The molecular formula is C9H11BrClN3O3S. The molecule has 0 atom stereocenters. The van der Waals surface area contributed by atoms with Gasteiger partial charge in [0.15, 0.2) is 0 Å². The predicted octanol–water partition coefficient (Wildman–Crippen LogP) is 0.912. The monoisotopic (exact) mass is 355 g/mol. The van der Waals surface area contributed by atoms with E-state index in [2.05, 4.69) is 31.0 Å². The van der Waals surface area contributed by atoms with Crippen molar-refractivity contribution in [3.05, 3.63) is 21.9 Å². The molecule has 0 spiro atoms. The molecule has 0 saturated heterocycles. The highest BCUT2D eigenvalue weighted by molar-refractivity contribution is 9.10. The summed E-state index contributed by atoms with van der Waals surface area (Å²) in [4.78, 5) is 14.6. The van der Waals surface area contributed by atoms with Gasteiger partial charge in [-0.1, -0.05) is 11.6 Å². The third-order valence-electron chi connectivity index (χ3n) is 1.99. The van der Waals surface area contributed by atoms with Crippen LogP contribution in [-0.2, 0) is 14.8 Å². The van der Waals surface area contributed by atoms with Crippen LogP contribution in [0.4, 0.5) is 0 Å². The van der Waals surface area contributed by atoms with Crippen molar-refractivity contribution in [1.29, 1.82) is 0 Å². The van der Waals surface area contributed by atoms with Gasteiger partial charge in [-0.05, 0) is 22.0 Å². The number of carbonyl (C=O) groups is 1. The van der Waals surface area contributed by atoms with Crippen LogP contribution in [0.2, 0.25) is 5.15 Å². The molecule has 1 amide bonds. The van der Waals surface area contributed by atoms with E-state index < -0.39 is 10.0 Å². The second kappa shape index (κ2) is 6.46. The summed E-state index contributed by atoms with van der Waals surface area (Å²) in [5, 5.41) is 2.27. The summed E-state index contributed by atoms with van der Waals surface area (Å²) in [6.07, 6.45) is 1.45. The van der Waals surface area contributed by atoms with Gasteiger partial charge in [0.05, 0.1) is 0 Å². The molecule has 0 aliphatic carbocycles. The lowest BCUT2D eigenvalue weighted by molar-refractivity contribution is -0.120. The normalized spacial score (nSPS) is 11.3. The van der Waals surface area contributed by atoms with E-state index in [1.165, 1.54) is 19.3 Å². The Kier molecular flexibility index (Phi) is 5.51. The topological polar surface area (TPSA) is 88.2 Å². The summed E-state index contributed by atoms with van der Waals surface area (Å²) in [6.45, 7) is -0.00908.